The van der Waals surface area contributed by atoms with Gasteiger partial charge in [-0.05, 0) is 57.9 Å². The summed E-state index contributed by atoms with van der Waals surface area (Å²) in [5.41, 5.74) is 0.657. The van der Waals surface area contributed by atoms with Crippen molar-refractivity contribution in [3.63, 3.8) is 0 Å². The van der Waals surface area contributed by atoms with Crippen molar-refractivity contribution in [1.82, 2.24) is 15.0 Å². The molecule has 1 aromatic heterocycles. The van der Waals surface area contributed by atoms with Gasteiger partial charge in [0.05, 0.1) is 17.7 Å². The van der Waals surface area contributed by atoms with Gasteiger partial charge < -0.3 is 20.1 Å². The second-order valence-electron chi connectivity index (χ2n) is 9.48. The van der Waals surface area contributed by atoms with Crippen LogP contribution in [0.3, 0.4) is 0 Å². The number of nitrogens with one attached hydrogen (secondary N) is 3. The van der Waals surface area contributed by atoms with E-state index in [-0.39, 0.29) is 29.6 Å². The van der Waals surface area contributed by atoms with E-state index in [2.05, 4.69) is 27.3 Å². The molecule has 0 saturated carbocycles. The first kappa shape index (κ1) is 30.5. The molecule has 0 fully saturated rings. The highest BCUT2D eigenvalue weighted by Gasteiger charge is 2.22. The third kappa shape index (κ3) is 9.94. The Morgan fingerprint density at radius 2 is 1.84 bits per heavy atom. The van der Waals surface area contributed by atoms with Gasteiger partial charge in [-0.1, -0.05) is 37.5 Å². The first-order valence-electron chi connectivity index (χ1n) is 12.3. The molecule has 37 heavy (non-hydrogen) atoms. The van der Waals surface area contributed by atoms with Crippen molar-refractivity contribution in [2.45, 2.75) is 77.2 Å². The smallest absolute Gasteiger partial charge is 0.407 e. The number of benzene rings is 1. The average molecular weight is 555 g/mol. The fraction of sp³-hybridized carbons (Fsp3) is 0.560. The summed E-state index contributed by atoms with van der Waals surface area (Å²) in [6.07, 6.45) is 3.86. The highest BCUT2D eigenvalue weighted by molar-refractivity contribution is 7.89. The van der Waals surface area contributed by atoms with Gasteiger partial charge in [-0.3, -0.25) is 4.79 Å². The van der Waals surface area contributed by atoms with Crippen molar-refractivity contribution in [3.8, 4) is 16.2 Å². The van der Waals surface area contributed by atoms with Crippen molar-refractivity contribution >= 4 is 38.5 Å². The van der Waals surface area contributed by atoms with Crippen LogP contribution < -0.4 is 20.1 Å². The minimum atomic E-state index is -3.96. The van der Waals surface area contributed by atoms with Gasteiger partial charge in [-0.25, -0.2) is 22.9 Å². The van der Waals surface area contributed by atoms with Gasteiger partial charge in [0.25, 0.3) is 0 Å². The van der Waals surface area contributed by atoms with Gasteiger partial charge in [0, 0.05) is 19.5 Å². The standard InChI is InChI=1S/C25H38N4O6S2/c1-7-8-9-10-11-21(30)29-23-28-17(2)22(36-23)18-12-13-19(34-6)20(16-18)37(32,33)27-15-14-26-24(31)35-25(3,4)5/h12-13,16,27H,7-11,14-15H2,1-6H3,(H,26,31)(H,28,29,30). The third-order valence-electron chi connectivity index (χ3n) is 5.10. The lowest BCUT2D eigenvalue weighted by Crippen LogP contribution is -2.37. The number of aromatic nitrogens is 1. The number of methoxy groups -OCH3 is 1. The SMILES string of the molecule is CCCCCCC(=O)Nc1nc(C)c(-c2ccc(OC)c(S(=O)(=O)NCCNC(=O)OC(C)(C)C)c2)s1. The summed E-state index contributed by atoms with van der Waals surface area (Å²) in [6.45, 7) is 9.16. The molecule has 2 aromatic rings. The van der Waals surface area contributed by atoms with Crippen LogP contribution in [-0.4, -0.2) is 51.2 Å². The summed E-state index contributed by atoms with van der Waals surface area (Å²) in [7, 11) is -2.57. The molecule has 0 bridgehead atoms. The van der Waals surface area contributed by atoms with E-state index in [9.17, 15) is 18.0 Å². The zero-order valence-corrected chi connectivity index (χ0v) is 24.0. The number of nitrogens with zero attached hydrogens (tertiary/aromatic N) is 1. The molecule has 12 heteroatoms. The van der Waals surface area contributed by atoms with Crippen LogP contribution in [0.5, 0.6) is 5.75 Å². The maximum absolute atomic E-state index is 13.0. The largest absolute Gasteiger partial charge is 0.495 e. The topological polar surface area (TPSA) is 136 Å². The van der Waals surface area contributed by atoms with Gasteiger partial charge in [-0.15, -0.1) is 0 Å². The number of rotatable bonds is 13. The predicted octanol–water partition coefficient (Wildman–Crippen LogP) is 4.84. The van der Waals surface area contributed by atoms with Gasteiger partial charge in [0.15, 0.2) is 5.13 Å². The van der Waals surface area contributed by atoms with Gasteiger partial charge in [-0.2, -0.15) is 0 Å². The first-order chi connectivity index (χ1) is 17.4. The van der Waals surface area contributed by atoms with Crippen molar-refractivity contribution in [3.05, 3.63) is 23.9 Å². The number of aryl methyl sites for hydroxylation is 1. The Morgan fingerprint density at radius 1 is 1.11 bits per heavy atom. The van der Waals surface area contributed by atoms with E-state index in [1.54, 1.807) is 32.9 Å². The number of amides is 2. The lowest BCUT2D eigenvalue weighted by atomic mass is 10.1. The summed E-state index contributed by atoms with van der Waals surface area (Å²) in [5, 5.41) is 5.83. The van der Waals surface area contributed by atoms with Crippen LogP contribution >= 0.6 is 11.3 Å². The minimum absolute atomic E-state index is 0.0387. The van der Waals surface area contributed by atoms with Crippen LogP contribution in [0.2, 0.25) is 0 Å². The molecular weight excluding hydrogens is 516 g/mol. The molecular formula is C25H38N4O6S2. The second kappa shape index (κ2) is 13.7. The molecule has 206 valence electrons. The molecule has 0 aliphatic rings. The van der Waals surface area contributed by atoms with E-state index in [0.29, 0.717) is 22.8 Å². The number of unbranched alkanes of at least 4 members (excludes halogenated alkanes) is 3. The normalized spacial score (nSPS) is 11.7. The Kier molecular flexibility index (Phi) is 11.3. The van der Waals surface area contributed by atoms with E-state index in [1.165, 1.54) is 24.5 Å². The van der Waals surface area contributed by atoms with Crippen molar-refractivity contribution in [2.24, 2.45) is 0 Å². The van der Waals surface area contributed by atoms with Crippen LogP contribution in [-0.2, 0) is 19.6 Å². The number of carbonyl (C=O) groups excluding carboxylic acids is 2. The molecule has 0 atom stereocenters. The summed E-state index contributed by atoms with van der Waals surface area (Å²) >= 11 is 1.29. The van der Waals surface area contributed by atoms with E-state index in [4.69, 9.17) is 9.47 Å². The molecule has 0 spiro atoms. The van der Waals surface area contributed by atoms with Crippen LogP contribution in [0.1, 0.15) is 65.5 Å². The van der Waals surface area contributed by atoms with Gasteiger partial charge in [0.1, 0.15) is 16.2 Å². The fourth-order valence-electron chi connectivity index (χ4n) is 3.38. The number of hydrogen-bond donors (Lipinski definition) is 3. The van der Waals surface area contributed by atoms with E-state index >= 15 is 0 Å². The van der Waals surface area contributed by atoms with E-state index < -0.39 is 21.7 Å². The van der Waals surface area contributed by atoms with E-state index in [1.807, 2.05) is 6.92 Å². The molecule has 1 aromatic carbocycles. The number of alkyl carbamates (subject to hydrolysis) is 1. The monoisotopic (exact) mass is 554 g/mol. The van der Waals surface area contributed by atoms with E-state index in [0.717, 1.165) is 30.6 Å². The average Bonchev–Trinajstić information content (AvgIpc) is 3.17. The molecule has 0 aliphatic heterocycles. The molecule has 0 aliphatic carbocycles. The summed E-state index contributed by atoms with van der Waals surface area (Å²) in [4.78, 5) is 29.2. The molecule has 10 nitrogen and oxygen atoms in total. The summed E-state index contributed by atoms with van der Waals surface area (Å²) < 4.78 is 39.0. The Labute approximate surface area is 223 Å². The van der Waals surface area contributed by atoms with Crippen molar-refractivity contribution in [1.29, 1.82) is 0 Å². The van der Waals surface area contributed by atoms with Gasteiger partial charge in [0.2, 0.25) is 15.9 Å². The maximum Gasteiger partial charge on any atom is 0.407 e. The fourth-order valence-corrected chi connectivity index (χ4v) is 5.59. The zero-order chi connectivity index (χ0) is 27.6. The highest BCUT2D eigenvalue weighted by Crippen LogP contribution is 2.36. The summed E-state index contributed by atoms with van der Waals surface area (Å²) in [5.74, 6) is 0.0951. The quantitative estimate of drug-likeness (QED) is 0.302. The lowest BCUT2D eigenvalue weighted by Gasteiger charge is -2.19. The molecule has 3 N–H and O–H groups in total. The highest BCUT2D eigenvalue weighted by atomic mass is 32.2. The third-order valence-corrected chi connectivity index (χ3v) is 7.71. The number of sulfonamides is 1. The first-order valence-corrected chi connectivity index (χ1v) is 14.6. The Balaban J connectivity index is 2.11. The maximum atomic E-state index is 13.0. The Morgan fingerprint density at radius 3 is 2.49 bits per heavy atom. The van der Waals surface area contributed by atoms with Crippen molar-refractivity contribution in [2.75, 3.05) is 25.5 Å². The predicted molar refractivity (Wildman–Crippen MR) is 146 cm³/mol. The minimum Gasteiger partial charge on any atom is -0.495 e. The molecule has 2 rings (SSSR count). The number of carbonyl (C=O) groups is 2. The molecule has 0 radical (unpaired) electrons. The Hall–Kier alpha value is -2.70. The number of ether oxygens (including phenoxy) is 2. The number of anilines is 1. The van der Waals surface area contributed by atoms with Crippen molar-refractivity contribution < 1.29 is 27.5 Å². The summed E-state index contributed by atoms with van der Waals surface area (Å²) in [6, 6.07) is 4.84. The van der Waals surface area contributed by atoms with Crippen LogP contribution in [0.25, 0.3) is 10.4 Å². The number of thiazole rings is 1. The Bertz CT molecular complexity index is 1170. The molecule has 0 saturated heterocycles. The lowest BCUT2D eigenvalue weighted by molar-refractivity contribution is -0.116. The molecule has 2 amide bonds. The molecule has 0 unspecified atom stereocenters. The molecule has 1 heterocycles. The van der Waals surface area contributed by atoms with Crippen LogP contribution in [0.4, 0.5) is 9.93 Å². The van der Waals surface area contributed by atoms with Gasteiger partial charge >= 0.3 is 6.09 Å². The number of hydrogen-bond acceptors (Lipinski definition) is 8. The second-order valence-corrected chi connectivity index (χ2v) is 12.2. The van der Waals surface area contributed by atoms with Crippen LogP contribution in [0, 0.1) is 6.92 Å². The zero-order valence-electron chi connectivity index (χ0n) is 22.4. The van der Waals surface area contributed by atoms with Crippen LogP contribution in [0.15, 0.2) is 23.1 Å².